The standard InChI is InChI=1S/C11H17O3P.H3N/c1-9(2)14-15(12)8-10-6-4-5-7-11(10)13-3;/h4-7,9,15H,8H2,1-3H3;1H3. The zero-order chi connectivity index (χ0) is 11.3. The molecule has 1 aromatic carbocycles. The van der Waals surface area contributed by atoms with Gasteiger partial charge >= 0.3 is 0 Å². The van der Waals surface area contributed by atoms with Crippen molar-refractivity contribution < 1.29 is 13.8 Å². The van der Waals surface area contributed by atoms with Gasteiger partial charge in [-0.25, -0.2) is 0 Å². The number of ether oxygens (including phenoxy) is 1. The average Bonchev–Trinajstić information content (AvgIpc) is 2.17. The van der Waals surface area contributed by atoms with E-state index < -0.39 is 8.03 Å². The zero-order valence-corrected chi connectivity index (χ0v) is 11.0. The van der Waals surface area contributed by atoms with E-state index in [1.54, 1.807) is 7.11 Å². The van der Waals surface area contributed by atoms with Crippen LogP contribution >= 0.6 is 8.03 Å². The Labute approximate surface area is 97.4 Å². The Balaban J connectivity index is 0.00000225. The van der Waals surface area contributed by atoms with Gasteiger partial charge in [-0.05, 0) is 19.9 Å². The molecule has 3 N–H and O–H groups in total. The van der Waals surface area contributed by atoms with E-state index in [2.05, 4.69) is 0 Å². The van der Waals surface area contributed by atoms with Crippen molar-refractivity contribution in [3.8, 4) is 5.75 Å². The monoisotopic (exact) mass is 245 g/mol. The fourth-order valence-electron chi connectivity index (χ4n) is 1.31. The van der Waals surface area contributed by atoms with Crippen LogP contribution in [0.1, 0.15) is 19.4 Å². The highest BCUT2D eigenvalue weighted by molar-refractivity contribution is 7.38. The average molecular weight is 245 g/mol. The lowest BCUT2D eigenvalue weighted by molar-refractivity contribution is 0.255. The first-order valence-electron chi connectivity index (χ1n) is 4.95. The number of methoxy groups -OCH3 is 1. The maximum Gasteiger partial charge on any atom is 0.196 e. The summed E-state index contributed by atoms with van der Waals surface area (Å²) in [6, 6.07) is 7.57. The fraction of sp³-hybridized carbons (Fsp3) is 0.455. The SMILES string of the molecule is COc1ccccc1C[PH](=O)OC(C)C.N. The molecule has 0 aliphatic heterocycles. The summed E-state index contributed by atoms with van der Waals surface area (Å²) in [5.41, 5.74) is 0.935. The third kappa shape index (κ3) is 4.79. The van der Waals surface area contributed by atoms with Gasteiger partial charge in [-0.15, -0.1) is 0 Å². The molecule has 4 nitrogen and oxygen atoms in total. The van der Waals surface area contributed by atoms with Crippen LogP contribution in [0.15, 0.2) is 24.3 Å². The van der Waals surface area contributed by atoms with Gasteiger partial charge in [-0.1, -0.05) is 18.2 Å². The van der Waals surface area contributed by atoms with Gasteiger partial charge in [0, 0.05) is 5.56 Å². The first-order valence-corrected chi connectivity index (χ1v) is 6.47. The summed E-state index contributed by atoms with van der Waals surface area (Å²) in [5.74, 6) is 0.767. The molecule has 92 valence electrons. The predicted octanol–water partition coefficient (Wildman–Crippen LogP) is 3.26. The predicted molar refractivity (Wildman–Crippen MR) is 66.9 cm³/mol. The van der Waals surface area contributed by atoms with Crippen molar-refractivity contribution in [2.24, 2.45) is 0 Å². The number of benzene rings is 1. The van der Waals surface area contributed by atoms with Crippen LogP contribution < -0.4 is 10.9 Å². The molecular weight excluding hydrogens is 225 g/mol. The van der Waals surface area contributed by atoms with Gasteiger partial charge in [0.1, 0.15) is 5.75 Å². The van der Waals surface area contributed by atoms with Crippen LogP contribution in [0.5, 0.6) is 5.75 Å². The molecule has 0 saturated heterocycles. The van der Waals surface area contributed by atoms with Crippen molar-refractivity contribution in [2.45, 2.75) is 26.1 Å². The first kappa shape index (κ1) is 15.2. The molecule has 1 atom stereocenters. The second-order valence-corrected chi connectivity index (χ2v) is 4.86. The summed E-state index contributed by atoms with van der Waals surface area (Å²) in [4.78, 5) is 0. The highest BCUT2D eigenvalue weighted by Gasteiger charge is 2.08. The van der Waals surface area contributed by atoms with Crippen molar-refractivity contribution in [1.29, 1.82) is 0 Å². The van der Waals surface area contributed by atoms with Crippen molar-refractivity contribution in [3.05, 3.63) is 29.8 Å². The van der Waals surface area contributed by atoms with E-state index in [1.807, 2.05) is 38.1 Å². The maximum atomic E-state index is 11.6. The van der Waals surface area contributed by atoms with E-state index in [0.29, 0.717) is 6.16 Å². The molecule has 16 heavy (non-hydrogen) atoms. The molecule has 1 unspecified atom stereocenters. The summed E-state index contributed by atoms with van der Waals surface area (Å²) in [5, 5.41) is 0. The summed E-state index contributed by atoms with van der Waals surface area (Å²) in [6.07, 6.45) is 0.443. The smallest absolute Gasteiger partial charge is 0.196 e. The normalized spacial score (nSPS) is 12.0. The van der Waals surface area contributed by atoms with E-state index in [-0.39, 0.29) is 12.3 Å². The first-order chi connectivity index (χ1) is 7.13. The molecule has 5 heteroatoms. The Morgan fingerprint density at radius 1 is 1.31 bits per heavy atom. The molecule has 0 fully saturated rings. The summed E-state index contributed by atoms with van der Waals surface area (Å²) in [7, 11) is -0.393. The summed E-state index contributed by atoms with van der Waals surface area (Å²) < 4.78 is 22.0. The van der Waals surface area contributed by atoms with Crippen molar-refractivity contribution in [3.63, 3.8) is 0 Å². The van der Waals surface area contributed by atoms with E-state index in [4.69, 9.17) is 9.26 Å². The van der Waals surface area contributed by atoms with Gasteiger partial charge in [0.25, 0.3) is 0 Å². The minimum absolute atomic E-state index is 0. The van der Waals surface area contributed by atoms with Gasteiger partial charge in [-0.3, -0.25) is 4.57 Å². The van der Waals surface area contributed by atoms with Crippen LogP contribution in [-0.2, 0) is 15.3 Å². The minimum Gasteiger partial charge on any atom is -0.496 e. The Morgan fingerprint density at radius 3 is 2.50 bits per heavy atom. The van der Waals surface area contributed by atoms with E-state index in [0.717, 1.165) is 11.3 Å². The minimum atomic E-state index is -2.00. The summed E-state index contributed by atoms with van der Waals surface area (Å²) >= 11 is 0. The molecule has 0 radical (unpaired) electrons. The zero-order valence-electron chi connectivity index (χ0n) is 10.0. The van der Waals surface area contributed by atoms with E-state index in [9.17, 15) is 4.57 Å². The Bertz CT molecular complexity index is 342. The maximum absolute atomic E-state index is 11.6. The third-order valence-corrected chi connectivity index (χ3v) is 3.30. The highest BCUT2D eigenvalue weighted by Crippen LogP contribution is 2.33. The molecule has 0 aromatic heterocycles. The number of hydrogen-bond acceptors (Lipinski definition) is 4. The number of para-hydroxylation sites is 1. The van der Waals surface area contributed by atoms with Crippen molar-refractivity contribution >= 4 is 8.03 Å². The molecule has 0 bridgehead atoms. The van der Waals surface area contributed by atoms with Gasteiger partial charge in [0.05, 0.1) is 19.4 Å². The molecule has 1 aromatic rings. The van der Waals surface area contributed by atoms with Crippen LogP contribution in [0, 0.1) is 0 Å². The van der Waals surface area contributed by atoms with Crippen molar-refractivity contribution in [1.82, 2.24) is 6.15 Å². The molecule has 0 spiro atoms. The second-order valence-electron chi connectivity index (χ2n) is 3.53. The molecule has 0 amide bonds. The molecule has 0 heterocycles. The largest absolute Gasteiger partial charge is 0.496 e. The van der Waals surface area contributed by atoms with Crippen LogP contribution in [0.25, 0.3) is 0 Å². The fourth-order valence-corrected chi connectivity index (χ4v) is 2.52. The van der Waals surface area contributed by atoms with Crippen LogP contribution in [0.3, 0.4) is 0 Å². The highest BCUT2D eigenvalue weighted by atomic mass is 31.1. The lowest BCUT2D eigenvalue weighted by Gasteiger charge is -2.10. The Morgan fingerprint density at radius 2 is 1.94 bits per heavy atom. The Kier molecular flexibility index (Phi) is 7.06. The summed E-state index contributed by atoms with van der Waals surface area (Å²) in [6.45, 7) is 3.76. The lowest BCUT2D eigenvalue weighted by atomic mass is 10.2. The van der Waals surface area contributed by atoms with Crippen LogP contribution in [0.2, 0.25) is 0 Å². The van der Waals surface area contributed by atoms with Gasteiger partial charge < -0.3 is 15.4 Å². The van der Waals surface area contributed by atoms with Gasteiger partial charge in [0.15, 0.2) is 8.03 Å². The van der Waals surface area contributed by atoms with Crippen LogP contribution in [0.4, 0.5) is 0 Å². The molecule has 1 rings (SSSR count). The molecule has 0 saturated carbocycles. The third-order valence-electron chi connectivity index (χ3n) is 1.89. The quantitative estimate of drug-likeness (QED) is 0.808. The van der Waals surface area contributed by atoms with E-state index >= 15 is 0 Å². The number of hydrogen-bond donors (Lipinski definition) is 1. The van der Waals surface area contributed by atoms with Gasteiger partial charge in [0.2, 0.25) is 0 Å². The lowest BCUT2D eigenvalue weighted by Crippen LogP contribution is -1.96. The molecule has 0 aliphatic rings. The molecular formula is C11H20NO3P. The van der Waals surface area contributed by atoms with Gasteiger partial charge in [-0.2, -0.15) is 0 Å². The van der Waals surface area contributed by atoms with E-state index in [1.165, 1.54) is 0 Å². The number of rotatable bonds is 5. The molecule has 0 aliphatic carbocycles. The second kappa shape index (κ2) is 7.44. The van der Waals surface area contributed by atoms with Crippen molar-refractivity contribution in [2.75, 3.05) is 7.11 Å². The Hall–Kier alpha value is -0.830. The van der Waals surface area contributed by atoms with Crippen LogP contribution in [-0.4, -0.2) is 13.2 Å². The topological polar surface area (TPSA) is 70.5 Å².